The first-order valence-corrected chi connectivity index (χ1v) is 18.2. The molecule has 6 heterocycles. The number of hydrogen-bond donors (Lipinski definition) is 1. The maximum absolute atomic E-state index is 13.3. The van der Waals surface area contributed by atoms with E-state index in [9.17, 15) is 4.79 Å². The van der Waals surface area contributed by atoms with Gasteiger partial charge in [0, 0.05) is 57.8 Å². The van der Waals surface area contributed by atoms with Crippen LogP contribution in [-0.4, -0.2) is 96.4 Å². The van der Waals surface area contributed by atoms with Gasteiger partial charge in [-0.1, -0.05) is 5.16 Å². The van der Waals surface area contributed by atoms with Crippen LogP contribution in [0.4, 0.5) is 10.6 Å². The van der Waals surface area contributed by atoms with Gasteiger partial charge in [0.15, 0.2) is 23.0 Å². The van der Waals surface area contributed by atoms with E-state index in [1.165, 1.54) is 6.33 Å². The molecule has 4 aliphatic rings. The van der Waals surface area contributed by atoms with Crippen molar-refractivity contribution in [1.82, 2.24) is 44.7 Å². The van der Waals surface area contributed by atoms with Gasteiger partial charge in [0.1, 0.15) is 23.5 Å². The minimum atomic E-state index is -0.353. The molecule has 4 aromatic heterocycles. The van der Waals surface area contributed by atoms with Crippen LogP contribution < -0.4 is 5.73 Å². The van der Waals surface area contributed by atoms with E-state index in [2.05, 4.69) is 35.9 Å². The predicted octanol–water partition coefficient (Wildman–Crippen LogP) is 5.71. The predicted molar refractivity (Wildman–Crippen MR) is 186 cm³/mol. The molecular weight excluding hydrogens is 636 g/mol. The molecule has 266 valence electrons. The lowest BCUT2D eigenvalue weighted by atomic mass is 9.83. The number of piperidine rings is 1. The third-order valence-electron chi connectivity index (χ3n) is 11.0. The highest BCUT2D eigenvalue weighted by atomic mass is 16.7. The van der Waals surface area contributed by atoms with Crippen LogP contribution in [0.3, 0.4) is 0 Å². The fourth-order valence-electron chi connectivity index (χ4n) is 7.90. The van der Waals surface area contributed by atoms with E-state index in [1.807, 2.05) is 33.9 Å². The molecule has 0 bridgehead atoms. The number of nitrogens with zero attached hydrogens (tertiary/aromatic N) is 9. The van der Waals surface area contributed by atoms with Crippen LogP contribution >= 0.6 is 0 Å². The minimum absolute atomic E-state index is 0.116. The van der Waals surface area contributed by atoms with Crippen LogP contribution in [0.15, 0.2) is 23.2 Å². The summed E-state index contributed by atoms with van der Waals surface area (Å²) >= 11 is 0. The van der Waals surface area contributed by atoms with Crippen molar-refractivity contribution in [1.29, 1.82) is 0 Å². The number of fused-ring (bicyclic) bond motifs is 1. The number of anilines is 1. The zero-order valence-electron chi connectivity index (χ0n) is 29.6. The van der Waals surface area contributed by atoms with E-state index >= 15 is 0 Å². The molecule has 0 atom stereocenters. The lowest BCUT2D eigenvalue weighted by Gasteiger charge is -2.37. The first-order chi connectivity index (χ1) is 24.1. The molecule has 0 unspecified atom stereocenters. The number of rotatable bonds is 7. The van der Waals surface area contributed by atoms with Crippen LogP contribution in [0, 0.1) is 5.92 Å². The summed E-state index contributed by atoms with van der Waals surface area (Å²) < 4.78 is 19.6. The molecule has 0 aromatic carbocycles. The highest BCUT2D eigenvalue weighted by Gasteiger charge is 2.40. The van der Waals surface area contributed by atoms with Gasteiger partial charge in [-0.3, -0.25) is 0 Å². The van der Waals surface area contributed by atoms with Gasteiger partial charge in [-0.2, -0.15) is 5.10 Å². The molecule has 1 spiro atoms. The van der Waals surface area contributed by atoms with Crippen LogP contribution in [0.25, 0.3) is 33.8 Å². The Balaban J connectivity index is 0.932. The third-order valence-corrected chi connectivity index (χ3v) is 11.0. The number of urea groups is 1. The van der Waals surface area contributed by atoms with Crippen LogP contribution in [0.2, 0.25) is 0 Å². The van der Waals surface area contributed by atoms with E-state index in [0.29, 0.717) is 66.3 Å². The Morgan fingerprint density at radius 2 is 1.66 bits per heavy atom. The zero-order valence-corrected chi connectivity index (χ0v) is 29.6. The van der Waals surface area contributed by atoms with Crippen LogP contribution in [0.1, 0.15) is 102 Å². The molecule has 8 rings (SSSR count). The molecule has 14 heteroatoms. The Morgan fingerprint density at radius 1 is 0.960 bits per heavy atom. The van der Waals surface area contributed by atoms with Gasteiger partial charge in [-0.15, -0.1) is 0 Å². The van der Waals surface area contributed by atoms with E-state index in [1.54, 1.807) is 0 Å². The molecule has 2 N–H and O–H groups in total. The lowest BCUT2D eigenvalue weighted by molar-refractivity contribution is -0.182. The monoisotopic (exact) mass is 684 g/mol. The number of carbonyl (C=O) groups excluding carboxylic acids is 1. The van der Waals surface area contributed by atoms with Gasteiger partial charge in [0.2, 0.25) is 0 Å². The number of ether oxygens (including phenoxy) is 2. The summed E-state index contributed by atoms with van der Waals surface area (Å²) in [5.41, 5.74) is 9.63. The molecule has 2 amide bonds. The minimum Gasteiger partial charge on any atom is -0.383 e. The Morgan fingerprint density at radius 3 is 2.32 bits per heavy atom. The van der Waals surface area contributed by atoms with Crippen molar-refractivity contribution in [2.24, 2.45) is 5.92 Å². The molecule has 2 saturated heterocycles. The van der Waals surface area contributed by atoms with Crippen molar-refractivity contribution in [2.75, 3.05) is 45.6 Å². The number of hydrogen-bond acceptors (Lipinski definition) is 11. The van der Waals surface area contributed by atoms with Gasteiger partial charge in [-0.25, -0.2) is 29.4 Å². The van der Waals surface area contributed by atoms with E-state index in [-0.39, 0.29) is 29.2 Å². The molecule has 50 heavy (non-hydrogen) atoms. The Bertz CT molecular complexity index is 1840. The summed E-state index contributed by atoms with van der Waals surface area (Å²) in [4.78, 5) is 35.8. The number of likely N-dealkylation sites (tertiary alicyclic amines) is 1. The maximum atomic E-state index is 13.3. The number of nitrogen functional groups attached to an aromatic ring is 1. The van der Waals surface area contributed by atoms with Crippen LogP contribution in [-0.2, 0) is 15.0 Å². The topological polar surface area (TPSA) is 163 Å². The summed E-state index contributed by atoms with van der Waals surface area (Å²) in [6, 6.07) is 0.116. The smallest absolute Gasteiger partial charge is 0.319 e. The molecule has 14 nitrogen and oxygen atoms in total. The number of aromatic nitrogens is 7. The lowest BCUT2D eigenvalue weighted by Crippen LogP contribution is -2.45. The van der Waals surface area contributed by atoms with Gasteiger partial charge >= 0.3 is 6.03 Å². The molecular formula is C36H48N10O4. The SMILES string of the molecule is CN(CCC1CCC2(CC1)OCCO2)C(=O)N1CCC(c2cnc(-c3c(-c4nn(C(C)(C)C)c5ncnc(N)c45)noc3C3CC3)nc2)CC1. The summed E-state index contributed by atoms with van der Waals surface area (Å²) in [6.07, 6.45) is 14.2. The third kappa shape index (κ3) is 6.21. The highest BCUT2D eigenvalue weighted by Crippen LogP contribution is 2.48. The first kappa shape index (κ1) is 33.0. The van der Waals surface area contributed by atoms with Gasteiger partial charge in [0.25, 0.3) is 0 Å². The van der Waals surface area contributed by atoms with Crippen molar-refractivity contribution in [3.05, 3.63) is 30.0 Å². The highest BCUT2D eigenvalue weighted by molar-refractivity contribution is 6.00. The number of nitrogens with two attached hydrogens (primary N) is 1. The molecule has 2 saturated carbocycles. The van der Waals surface area contributed by atoms with Gasteiger partial charge in [0.05, 0.1) is 29.7 Å². The average molecular weight is 685 g/mol. The fraction of sp³-hybridized carbons (Fsp3) is 0.639. The second-order valence-electron chi connectivity index (χ2n) is 15.6. The van der Waals surface area contributed by atoms with E-state index < -0.39 is 0 Å². The van der Waals surface area contributed by atoms with Crippen molar-refractivity contribution in [3.63, 3.8) is 0 Å². The molecule has 2 aliphatic carbocycles. The Labute approximate surface area is 292 Å². The molecule has 4 aromatic rings. The van der Waals surface area contributed by atoms with E-state index in [4.69, 9.17) is 34.8 Å². The van der Waals surface area contributed by atoms with Gasteiger partial charge < -0.3 is 29.5 Å². The standard InChI is InChI=1S/C36H48N10O4/c1-35(2,3)46-33-27(31(37)40-21-41-33)28(42-46)29-26(30(50-43-29)24-5-6-24)32-38-19-25(20-39-32)23-10-15-45(16-11-23)34(47)44(4)14-9-22-7-12-36(13-8-22)48-17-18-49-36/h19-24H,5-18H2,1-4H3,(H2,37,40,41). The zero-order chi connectivity index (χ0) is 34.6. The quantitative estimate of drug-likeness (QED) is 0.254. The van der Waals surface area contributed by atoms with E-state index in [0.717, 1.165) is 81.2 Å². The van der Waals surface area contributed by atoms with Crippen molar-refractivity contribution in [3.8, 4) is 22.8 Å². The summed E-state index contributed by atoms with van der Waals surface area (Å²) in [5, 5.41) is 10.1. The summed E-state index contributed by atoms with van der Waals surface area (Å²) in [7, 11) is 1.93. The number of carbonyl (C=O) groups is 1. The average Bonchev–Trinajstić information content (AvgIpc) is 3.50. The Kier molecular flexibility index (Phi) is 8.49. The molecule has 0 radical (unpaired) electrons. The second kappa shape index (κ2) is 12.9. The Hall–Kier alpha value is -4.17. The summed E-state index contributed by atoms with van der Waals surface area (Å²) in [6.45, 7) is 9.81. The number of amides is 2. The van der Waals surface area contributed by atoms with Gasteiger partial charge in [-0.05, 0) is 83.1 Å². The van der Waals surface area contributed by atoms with Crippen molar-refractivity contribution in [2.45, 2.75) is 102 Å². The fourth-order valence-corrected chi connectivity index (χ4v) is 7.90. The van der Waals surface area contributed by atoms with Crippen molar-refractivity contribution >= 4 is 22.9 Å². The maximum Gasteiger partial charge on any atom is 0.319 e. The first-order valence-electron chi connectivity index (χ1n) is 18.2. The largest absolute Gasteiger partial charge is 0.383 e. The van der Waals surface area contributed by atoms with Crippen LogP contribution in [0.5, 0.6) is 0 Å². The normalized spacial score (nSPS) is 20.3. The second-order valence-corrected chi connectivity index (χ2v) is 15.6. The van der Waals surface area contributed by atoms with Crippen molar-refractivity contribution < 1.29 is 18.8 Å². The summed E-state index contributed by atoms with van der Waals surface area (Å²) in [5.74, 6) is 2.50. The molecule has 2 aliphatic heterocycles. The molecule has 4 fully saturated rings.